The van der Waals surface area contributed by atoms with Gasteiger partial charge in [-0.15, -0.1) is 0 Å². The van der Waals surface area contributed by atoms with Crippen molar-refractivity contribution < 1.29 is 9.59 Å². The molecule has 6 aromatic rings. The lowest BCUT2D eigenvalue weighted by Gasteiger charge is -2.16. The summed E-state index contributed by atoms with van der Waals surface area (Å²) in [5.74, 6) is -0.862. The monoisotopic (exact) mass is 412 g/mol. The maximum atomic E-state index is 13.4. The Morgan fingerprint density at radius 2 is 0.844 bits per heavy atom. The molecule has 1 aliphatic carbocycles. The van der Waals surface area contributed by atoms with Gasteiger partial charge < -0.3 is 0 Å². The minimum absolute atomic E-state index is 0.0270. The smallest absolute Gasteiger partial charge is 0.234 e. The molecule has 6 nitrogen and oxygen atoms in total. The number of benzene rings is 4. The Morgan fingerprint density at radius 1 is 0.438 bits per heavy atom. The number of carbonyl (C=O) groups is 2. The predicted octanol–water partition coefficient (Wildman–Crippen LogP) is 4.65. The molecule has 0 saturated carbocycles. The molecule has 0 spiro atoms. The van der Waals surface area contributed by atoms with Crippen molar-refractivity contribution in [1.29, 1.82) is 0 Å². The van der Waals surface area contributed by atoms with Crippen molar-refractivity contribution in [3.63, 3.8) is 0 Å². The molecule has 0 aliphatic heterocycles. The van der Waals surface area contributed by atoms with Gasteiger partial charge in [-0.3, -0.25) is 9.59 Å². The van der Waals surface area contributed by atoms with E-state index in [0.717, 1.165) is 21.5 Å². The molecule has 6 heteroatoms. The second-order valence-electron chi connectivity index (χ2n) is 7.81. The van der Waals surface area contributed by atoms with Gasteiger partial charge in [-0.05, 0) is 22.9 Å². The van der Waals surface area contributed by atoms with Crippen LogP contribution >= 0.6 is 0 Å². The normalized spacial score (nSPS) is 13.1. The molecule has 0 N–H and O–H groups in total. The highest BCUT2D eigenvalue weighted by Gasteiger charge is 2.36. The third-order valence-electron chi connectivity index (χ3n) is 5.98. The number of hydrogen-bond donors (Lipinski definition) is 0. The van der Waals surface area contributed by atoms with Crippen molar-refractivity contribution >= 4 is 55.2 Å². The van der Waals surface area contributed by atoms with Crippen LogP contribution in [0.3, 0.4) is 0 Å². The summed E-state index contributed by atoms with van der Waals surface area (Å²) in [6, 6.07) is 23.0. The van der Waals surface area contributed by atoms with Gasteiger partial charge in [-0.2, -0.15) is 0 Å². The van der Waals surface area contributed by atoms with Crippen molar-refractivity contribution in [2.24, 2.45) is 0 Å². The number of rotatable bonds is 0. The molecule has 1 aliphatic rings. The van der Waals surface area contributed by atoms with Crippen LogP contribution in [-0.4, -0.2) is 31.5 Å². The number of ketones is 2. The number of hydrogen-bond acceptors (Lipinski definition) is 6. The summed E-state index contributed by atoms with van der Waals surface area (Å²) in [4.78, 5) is 45.0. The van der Waals surface area contributed by atoms with Gasteiger partial charge in [0.05, 0.1) is 22.1 Å². The minimum Gasteiger partial charge on any atom is -0.285 e. The van der Waals surface area contributed by atoms with Crippen molar-refractivity contribution in [3.05, 3.63) is 95.6 Å². The van der Waals surface area contributed by atoms with Crippen LogP contribution in [0, 0.1) is 0 Å². The highest BCUT2D eigenvalue weighted by molar-refractivity contribution is 6.27. The molecule has 0 atom stereocenters. The van der Waals surface area contributed by atoms with Gasteiger partial charge in [-0.25, -0.2) is 19.9 Å². The molecule has 0 fully saturated rings. The molecule has 0 saturated heterocycles. The summed E-state index contributed by atoms with van der Waals surface area (Å²) in [6.45, 7) is 0. The molecule has 0 radical (unpaired) electrons. The maximum Gasteiger partial charge on any atom is 0.234 e. The van der Waals surface area contributed by atoms with E-state index in [1.54, 1.807) is 0 Å². The van der Waals surface area contributed by atoms with Crippen LogP contribution in [0.1, 0.15) is 32.4 Å². The summed E-state index contributed by atoms with van der Waals surface area (Å²) in [5, 5.41) is 3.73. The molecular weight excluding hydrogens is 400 g/mol. The third kappa shape index (κ3) is 2.18. The summed E-state index contributed by atoms with van der Waals surface area (Å²) in [5.41, 5.74) is 2.41. The lowest BCUT2D eigenvalue weighted by molar-refractivity contribution is 0.0965. The molecule has 2 aromatic heterocycles. The number of aromatic nitrogens is 4. The van der Waals surface area contributed by atoms with Crippen LogP contribution in [0.5, 0.6) is 0 Å². The molecule has 4 aromatic carbocycles. The highest BCUT2D eigenvalue weighted by Crippen LogP contribution is 2.30. The zero-order chi connectivity index (χ0) is 21.4. The Labute approximate surface area is 180 Å². The average Bonchev–Trinajstić information content (AvgIpc) is 2.85. The van der Waals surface area contributed by atoms with Gasteiger partial charge in [0, 0.05) is 10.8 Å². The van der Waals surface area contributed by atoms with E-state index in [-0.39, 0.29) is 22.8 Å². The fourth-order valence-electron chi connectivity index (χ4n) is 4.44. The second kappa shape index (κ2) is 5.98. The zero-order valence-electron chi connectivity index (χ0n) is 16.5. The molecular formula is C26H12N4O2. The van der Waals surface area contributed by atoms with Crippen LogP contribution in [0.15, 0.2) is 72.8 Å². The van der Waals surface area contributed by atoms with E-state index in [0.29, 0.717) is 22.1 Å². The first-order chi connectivity index (χ1) is 15.7. The molecule has 2 heterocycles. The quantitative estimate of drug-likeness (QED) is 0.337. The summed E-state index contributed by atoms with van der Waals surface area (Å²) in [6.07, 6.45) is 0. The first kappa shape index (κ1) is 17.1. The van der Waals surface area contributed by atoms with Crippen molar-refractivity contribution in [3.8, 4) is 0 Å². The van der Waals surface area contributed by atoms with Crippen LogP contribution in [-0.2, 0) is 0 Å². The third-order valence-corrected chi connectivity index (χ3v) is 5.98. The van der Waals surface area contributed by atoms with E-state index in [1.807, 2.05) is 72.8 Å². The molecule has 7 rings (SSSR count). The van der Waals surface area contributed by atoms with Crippen LogP contribution in [0.25, 0.3) is 43.6 Å². The zero-order valence-corrected chi connectivity index (χ0v) is 16.5. The molecule has 0 unspecified atom stereocenters. The minimum atomic E-state index is -0.431. The van der Waals surface area contributed by atoms with Crippen molar-refractivity contribution in [2.45, 2.75) is 0 Å². The van der Waals surface area contributed by atoms with Gasteiger partial charge in [-0.1, -0.05) is 60.7 Å². The van der Waals surface area contributed by atoms with E-state index < -0.39 is 11.6 Å². The Balaban J connectivity index is 1.53. The van der Waals surface area contributed by atoms with E-state index in [2.05, 4.69) is 19.9 Å². The van der Waals surface area contributed by atoms with Gasteiger partial charge in [0.25, 0.3) is 0 Å². The Bertz CT molecular complexity index is 1690. The molecule has 32 heavy (non-hydrogen) atoms. The summed E-state index contributed by atoms with van der Waals surface area (Å²) in [7, 11) is 0. The van der Waals surface area contributed by atoms with E-state index in [1.165, 1.54) is 0 Å². The van der Waals surface area contributed by atoms with E-state index >= 15 is 0 Å². The predicted molar refractivity (Wildman–Crippen MR) is 121 cm³/mol. The van der Waals surface area contributed by atoms with E-state index in [4.69, 9.17) is 0 Å². The van der Waals surface area contributed by atoms with Crippen LogP contribution in [0.4, 0.5) is 0 Å². The number of fused-ring (bicyclic) bond motifs is 8. The summed E-state index contributed by atoms with van der Waals surface area (Å²) < 4.78 is 0. The fourth-order valence-corrected chi connectivity index (χ4v) is 4.44. The lowest BCUT2D eigenvalue weighted by atomic mass is 9.96. The Morgan fingerprint density at radius 3 is 1.31 bits per heavy atom. The molecule has 0 amide bonds. The standard InChI is InChI=1S/C26H12N4O2/c31-25-22-24(30-20-16-8-4-2-6-14(16)10-12-18(20)28-22)26(32)21-23(25)29-19-15-7-3-1-5-13(15)9-11-17(19)27-21/h1-12H. The maximum absolute atomic E-state index is 13.4. The number of nitrogens with zero attached hydrogens (tertiary/aromatic N) is 4. The molecule has 0 bridgehead atoms. The highest BCUT2D eigenvalue weighted by atomic mass is 16.1. The largest absolute Gasteiger partial charge is 0.285 e. The van der Waals surface area contributed by atoms with Crippen molar-refractivity contribution in [2.75, 3.05) is 0 Å². The van der Waals surface area contributed by atoms with Crippen LogP contribution in [0.2, 0.25) is 0 Å². The van der Waals surface area contributed by atoms with Gasteiger partial charge >= 0.3 is 0 Å². The summed E-state index contributed by atoms with van der Waals surface area (Å²) >= 11 is 0. The van der Waals surface area contributed by atoms with Gasteiger partial charge in [0.15, 0.2) is 0 Å². The fraction of sp³-hybridized carbons (Fsp3) is 0. The average molecular weight is 412 g/mol. The topological polar surface area (TPSA) is 85.7 Å². The Kier molecular flexibility index (Phi) is 3.20. The first-order valence-corrected chi connectivity index (χ1v) is 10.2. The molecule has 148 valence electrons. The Hall–Kier alpha value is -4.58. The van der Waals surface area contributed by atoms with Gasteiger partial charge in [0.2, 0.25) is 11.6 Å². The second-order valence-corrected chi connectivity index (χ2v) is 7.81. The SMILES string of the molecule is O=C1c2nc3ccc4ccccc4c3nc2C(=O)c2nc3ccc4ccccc4c3nc21. The first-order valence-electron chi connectivity index (χ1n) is 10.2. The number of carbonyl (C=O) groups excluding carboxylic acids is 2. The van der Waals surface area contributed by atoms with E-state index in [9.17, 15) is 9.59 Å². The van der Waals surface area contributed by atoms with Crippen molar-refractivity contribution in [1.82, 2.24) is 19.9 Å². The lowest BCUT2D eigenvalue weighted by Crippen LogP contribution is -2.26. The van der Waals surface area contributed by atoms with Crippen LogP contribution < -0.4 is 0 Å². The van der Waals surface area contributed by atoms with Gasteiger partial charge in [0.1, 0.15) is 22.8 Å².